The Labute approximate surface area is 130 Å². The van der Waals surface area contributed by atoms with Gasteiger partial charge in [0, 0.05) is 12.0 Å². The maximum Gasteiger partial charge on any atom is 0.573 e. The first-order valence-corrected chi connectivity index (χ1v) is 6.85. The minimum absolute atomic E-state index is 0.0272. The predicted octanol–water partition coefficient (Wildman–Crippen LogP) is 5.05. The van der Waals surface area contributed by atoms with Gasteiger partial charge in [0.05, 0.1) is 5.02 Å². The van der Waals surface area contributed by atoms with Crippen LogP contribution in [0.2, 0.25) is 5.02 Å². The monoisotopic (exact) mass is 328 g/mol. The topological polar surface area (TPSA) is 26.3 Å². The van der Waals surface area contributed by atoms with Gasteiger partial charge in [-0.15, -0.1) is 13.2 Å². The number of ether oxygens (including phenoxy) is 1. The minimum atomic E-state index is -4.81. The van der Waals surface area contributed by atoms with Crippen LogP contribution in [0.15, 0.2) is 48.5 Å². The number of halogens is 4. The number of hydrogen-bond donors (Lipinski definition) is 0. The Hall–Kier alpha value is -2.01. The van der Waals surface area contributed by atoms with Gasteiger partial charge in [0.15, 0.2) is 5.78 Å². The van der Waals surface area contributed by atoms with Crippen LogP contribution in [0.4, 0.5) is 13.2 Å². The molecule has 0 aliphatic rings. The van der Waals surface area contributed by atoms with Crippen LogP contribution >= 0.6 is 11.6 Å². The van der Waals surface area contributed by atoms with E-state index in [1.165, 1.54) is 6.07 Å². The van der Waals surface area contributed by atoms with E-state index in [9.17, 15) is 18.0 Å². The molecule has 0 aliphatic carbocycles. The van der Waals surface area contributed by atoms with Crippen molar-refractivity contribution in [1.29, 1.82) is 0 Å². The van der Waals surface area contributed by atoms with E-state index in [1.807, 2.05) is 30.3 Å². The van der Waals surface area contributed by atoms with Gasteiger partial charge in [-0.25, -0.2) is 0 Å². The highest BCUT2D eigenvalue weighted by atomic mass is 35.5. The molecule has 0 fully saturated rings. The van der Waals surface area contributed by atoms with Crippen molar-refractivity contribution in [1.82, 2.24) is 0 Å². The second-order valence-corrected chi connectivity index (χ2v) is 5.01. The van der Waals surface area contributed by atoms with E-state index in [1.54, 1.807) is 0 Å². The van der Waals surface area contributed by atoms with Crippen molar-refractivity contribution in [3.05, 3.63) is 64.7 Å². The summed E-state index contributed by atoms with van der Waals surface area (Å²) >= 11 is 5.89. The first kappa shape index (κ1) is 16.4. The van der Waals surface area contributed by atoms with Crippen LogP contribution in [0.5, 0.6) is 5.75 Å². The van der Waals surface area contributed by atoms with Gasteiger partial charge >= 0.3 is 6.36 Å². The van der Waals surface area contributed by atoms with E-state index >= 15 is 0 Å². The molecule has 0 saturated carbocycles. The van der Waals surface area contributed by atoms with Crippen LogP contribution in [-0.4, -0.2) is 12.1 Å². The quantitative estimate of drug-likeness (QED) is 0.718. The zero-order valence-corrected chi connectivity index (χ0v) is 12.1. The number of rotatable bonds is 5. The van der Waals surface area contributed by atoms with Crippen molar-refractivity contribution in [2.45, 2.75) is 19.2 Å². The Morgan fingerprint density at radius 3 is 2.41 bits per heavy atom. The Morgan fingerprint density at radius 2 is 1.77 bits per heavy atom. The normalized spacial score (nSPS) is 11.3. The Kier molecular flexibility index (Phi) is 5.08. The molecule has 2 nitrogen and oxygen atoms in total. The van der Waals surface area contributed by atoms with Crippen molar-refractivity contribution in [3.63, 3.8) is 0 Å². The molecule has 0 radical (unpaired) electrons. The number of benzene rings is 2. The summed E-state index contributed by atoms with van der Waals surface area (Å²) in [6, 6.07) is 12.6. The van der Waals surface area contributed by atoms with E-state index in [0.29, 0.717) is 6.42 Å². The lowest BCUT2D eigenvalue weighted by Crippen LogP contribution is -2.17. The fourth-order valence-electron chi connectivity index (χ4n) is 1.95. The fourth-order valence-corrected chi connectivity index (χ4v) is 2.18. The molecular weight excluding hydrogens is 317 g/mol. The second-order valence-electron chi connectivity index (χ2n) is 4.60. The van der Waals surface area contributed by atoms with E-state index in [2.05, 4.69) is 4.74 Å². The van der Waals surface area contributed by atoms with Gasteiger partial charge in [-0.1, -0.05) is 41.9 Å². The average molecular weight is 329 g/mol. The van der Waals surface area contributed by atoms with Crippen LogP contribution in [0, 0.1) is 0 Å². The lowest BCUT2D eigenvalue weighted by Gasteiger charge is -2.11. The fraction of sp³-hybridized carbons (Fsp3) is 0.188. The summed E-state index contributed by atoms with van der Waals surface area (Å²) in [5, 5.41) is 0.104. The summed E-state index contributed by atoms with van der Waals surface area (Å²) in [6.45, 7) is 0. The van der Waals surface area contributed by atoms with Crippen LogP contribution in [0.3, 0.4) is 0 Å². The van der Waals surface area contributed by atoms with E-state index in [-0.39, 0.29) is 22.8 Å². The van der Waals surface area contributed by atoms with Crippen LogP contribution in [0.1, 0.15) is 22.3 Å². The van der Waals surface area contributed by atoms with Gasteiger partial charge in [-0.2, -0.15) is 0 Å². The zero-order chi connectivity index (χ0) is 16.2. The summed E-state index contributed by atoms with van der Waals surface area (Å²) < 4.78 is 40.4. The molecule has 0 aliphatic heterocycles. The summed E-state index contributed by atoms with van der Waals surface area (Å²) in [7, 11) is 0. The van der Waals surface area contributed by atoms with E-state index in [0.717, 1.165) is 17.7 Å². The SMILES string of the molecule is O=C(CCc1ccccc1)c1cc(OC(F)(F)F)ccc1Cl. The third-order valence-electron chi connectivity index (χ3n) is 2.96. The first-order valence-electron chi connectivity index (χ1n) is 6.47. The molecule has 22 heavy (non-hydrogen) atoms. The van der Waals surface area contributed by atoms with Crippen molar-refractivity contribution in [2.24, 2.45) is 0 Å². The molecule has 0 unspecified atom stereocenters. The number of hydrogen-bond acceptors (Lipinski definition) is 2. The summed E-state index contributed by atoms with van der Waals surface area (Å²) in [4.78, 5) is 12.1. The van der Waals surface area contributed by atoms with Crippen molar-refractivity contribution in [2.75, 3.05) is 0 Å². The van der Waals surface area contributed by atoms with Crippen LogP contribution in [-0.2, 0) is 6.42 Å². The molecule has 0 amide bonds. The molecule has 0 spiro atoms. The number of alkyl halides is 3. The molecule has 0 aromatic heterocycles. The molecule has 0 atom stereocenters. The number of Topliss-reactive ketones (excluding diaryl/α,β-unsaturated/α-hetero) is 1. The molecule has 0 heterocycles. The molecule has 116 valence electrons. The maximum absolute atomic E-state index is 12.2. The minimum Gasteiger partial charge on any atom is -0.406 e. The number of aryl methyl sites for hydroxylation is 1. The number of carbonyl (C=O) groups is 1. The molecule has 2 aromatic rings. The Balaban J connectivity index is 2.10. The summed E-state index contributed by atoms with van der Waals surface area (Å²) in [5.41, 5.74) is 0.994. The Morgan fingerprint density at radius 1 is 1.09 bits per heavy atom. The highest BCUT2D eigenvalue weighted by Crippen LogP contribution is 2.28. The molecular formula is C16H12ClF3O2. The lowest BCUT2D eigenvalue weighted by molar-refractivity contribution is -0.274. The third kappa shape index (κ3) is 4.77. The van der Waals surface area contributed by atoms with Crippen LogP contribution < -0.4 is 4.74 Å². The smallest absolute Gasteiger partial charge is 0.406 e. The largest absolute Gasteiger partial charge is 0.573 e. The van der Waals surface area contributed by atoms with Gasteiger partial charge < -0.3 is 4.74 Å². The first-order chi connectivity index (χ1) is 10.3. The molecule has 6 heteroatoms. The van der Waals surface area contributed by atoms with Crippen molar-refractivity contribution in [3.8, 4) is 5.75 Å². The summed E-state index contributed by atoms with van der Waals surface area (Å²) in [5.74, 6) is -0.790. The van der Waals surface area contributed by atoms with Gasteiger partial charge in [-0.3, -0.25) is 4.79 Å². The third-order valence-corrected chi connectivity index (χ3v) is 3.28. The standard InChI is InChI=1S/C16H12ClF3O2/c17-14-8-7-12(22-16(18,19)20)10-13(14)15(21)9-6-11-4-2-1-3-5-11/h1-5,7-8,10H,6,9H2. The lowest BCUT2D eigenvalue weighted by atomic mass is 10.0. The highest BCUT2D eigenvalue weighted by Gasteiger charge is 2.31. The van der Waals surface area contributed by atoms with Gasteiger partial charge in [0.25, 0.3) is 0 Å². The predicted molar refractivity (Wildman–Crippen MR) is 77.2 cm³/mol. The van der Waals surface area contributed by atoms with Gasteiger partial charge in [0.1, 0.15) is 5.75 Å². The zero-order valence-electron chi connectivity index (χ0n) is 11.4. The van der Waals surface area contributed by atoms with E-state index in [4.69, 9.17) is 11.6 Å². The number of ketones is 1. The maximum atomic E-state index is 12.2. The van der Waals surface area contributed by atoms with E-state index < -0.39 is 12.1 Å². The molecule has 2 aromatic carbocycles. The second kappa shape index (κ2) is 6.83. The van der Waals surface area contributed by atoms with Crippen molar-refractivity contribution < 1.29 is 22.7 Å². The van der Waals surface area contributed by atoms with Gasteiger partial charge in [-0.05, 0) is 30.2 Å². The molecule has 2 rings (SSSR count). The molecule has 0 bridgehead atoms. The highest BCUT2D eigenvalue weighted by molar-refractivity contribution is 6.34. The molecule has 0 N–H and O–H groups in total. The number of carbonyl (C=O) groups excluding carboxylic acids is 1. The van der Waals surface area contributed by atoms with Crippen molar-refractivity contribution >= 4 is 17.4 Å². The summed E-state index contributed by atoms with van der Waals surface area (Å²) in [6.07, 6.45) is -4.17. The van der Waals surface area contributed by atoms with Gasteiger partial charge in [0.2, 0.25) is 0 Å². The van der Waals surface area contributed by atoms with Crippen LogP contribution in [0.25, 0.3) is 0 Å². The molecule has 0 saturated heterocycles. The average Bonchev–Trinajstić information content (AvgIpc) is 2.46. The Bertz CT molecular complexity index is 654.